The van der Waals surface area contributed by atoms with Crippen molar-refractivity contribution in [3.8, 4) is 0 Å². The average molecular weight is 360 g/mol. The molecule has 2 N–H and O–H groups in total. The lowest BCUT2D eigenvalue weighted by Crippen LogP contribution is -2.36. The highest BCUT2D eigenvalue weighted by molar-refractivity contribution is 6.02. The minimum Gasteiger partial charge on any atom is -0.392 e. The van der Waals surface area contributed by atoms with Crippen LogP contribution in [0.4, 0.5) is 0 Å². The number of carbonyl (C=O) groups excluding carboxylic acids is 1. The van der Waals surface area contributed by atoms with Gasteiger partial charge in [0.1, 0.15) is 12.2 Å². The van der Waals surface area contributed by atoms with Crippen LogP contribution >= 0.6 is 0 Å². The third-order valence-corrected chi connectivity index (χ3v) is 5.33. The molecule has 0 saturated carbocycles. The van der Waals surface area contributed by atoms with E-state index in [4.69, 9.17) is 9.84 Å². The lowest BCUT2D eigenvalue weighted by molar-refractivity contribution is -0.119. The molecule has 4 nitrogen and oxygen atoms in total. The van der Waals surface area contributed by atoms with Gasteiger partial charge < -0.3 is 14.9 Å². The fraction of sp³-hybridized carbons (Fsp3) is 0.591. The molecule has 3 atom stereocenters. The lowest BCUT2D eigenvalue weighted by atomic mass is 9.84. The molecule has 1 aliphatic carbocycles. The topological polar surface area (TPSA) is 70.1 Å². The maximum atomic E-state index is 12.2. The molecule has 0 radical (unpaired) electrons. The number of ether oxygens (including phenoxy) is 1. The van der Waals surface area contributed by atoms with Crippen LogP contribution in [0.3, 0.4) is 0 Å². The van der Waals surface area contributed by atoms with Crippen molar-refractivity contribution in [2.24, 2.45) is 0 Å². The maximum absolute atomic E-state index is 12.2. The molecule has 0 aromatic rings. The maximum Gasteiger partial charge on any atom is 0.190 e. The number of fused-ring (bicyclic) bond motifs is 1. The summed E-state index contributed by atoms with van der Waals surface area (Å²) in [6.45, 7) is 8.06. The van der Waals surface area contributed by atoms with Gasteiger partial charge in [0.05, 0.1) is 6.61 Å². The molecule has 1 fully saturated rings. The van der Waals surface area contributed by atoms with Crippen LogP contribution in [0, 0.1) is 0 Å². The molecule has 0 aromatic carbocycles. The van der Waals surface area contributed by atoms with Crippen LogP contribution < -0.4 is 0 Å². The zero-order chi connectivity index (χ0) is 19.3. The Kier molecular flexibility index (Phi) is 7.16. The summed E-state index contributed by atoms with van der Waals surface area (Å²) in [5.74, 6) is -0.0173. The summed E-state index contributed by atoms with van der Waals surface area (Å²) in [6.07, 6.45) is 11.4. The number of carbonyl (C=O) groups is 1. The van der Waals surface area contributed by atoms with Gasteiger partial charge >= 0.3 is 0 Å². The SMILES string of the molecule is CC1=CC(=O)[C@]2(C/C=C(\C)CC/C=C(\C)CC/C=C(\C)CO)O[C@@H]2[C@@H]1O. The highest BCUT2D eigenvalue weighted by atomic mass is 16.6. The Balaban J connectivity index is 1.78. The summed E-state index contributed by atoms with van der Waals surface area (Å²) in [6, 6.07) is 0. The second-order valence-electron chi connectivity index (χ2n) is 7.72. The van der Waals surface area contributed by atoms with Crippen LogP contribution in [0.15, 0.2) is 46.6 Å². The van der Waals surface area contributed by atoms with Gasteiger partial charge in [0.25, 0.3) is 0 Å². The van der Waals surface area contributed by atoms with E-state index in [1.807, 2.05) is 6.92 Å². The van der Waals surface area contributed by atoms with E-state index in [2.05, 4.69) is 32.1 Å². The molecular weight excluding hydrogens is 328 g/mol. The second kappa shape index (κ2) is 8.94. The normalized spacial score (nSPS) is 29.5. The molecule has 0 spiro atoms. The van der Waals surface area contributed by atoms with Crippen molar-refractivity contribution >= 4 is 5.78 Å². The van der Waals surface area contributed by atoms with Gasteiger partial charge in [-0.3, -0.25) is 4.79 Å². The van der Waals surface area contributed by atoms with Crippen LogP contribution in [0.2, 0.25) is 0 Å². The Bertz CT molecular complexity index is 653. The van der Waals surface area contributed by atoms with E-state index < -0.39 is 11.7 Å². The van der Waals surface area contributed by atoms with Crippen LogP contribution in [0.5, 0.6) is 0 Å². The lowest BCUT2D eigenvalue weighted by Gasteiger charge is -2.17. The summed E-state index contributed by atoms with van der Waals surface area (Å²) in [7, 11) is 0. The van der Waals surface area contributed by atoms with Crippen molar-refractivity contribution in [2.75, 3.05) is 6.61 Å². The predicted octanol–water partition coefficient (Wildman–Crippen LogP) is 3.80. The van der Waals surface area contributed by atoms with Crippen LogP contribution in [-0.2, 0) is 9.53 Å². The van der Waals surface area contributed by atoms with Gasteiger partial charge in [0.2, 0.25) is 0 Å². The number of allylic oxidation sites excluding steroid dienone is 4. The van der Waals surface area contributed by atoms with E-state index in [1.54, 1.807) is 6.92 Å². The molecule has 2 rings (SSSR count). The molecule has 2 aliphatic rings. The van der Waals surface area contributed by atoms with Gasteiger partial charge in [0.15, 0.2) is 11.4 Å². The molecule has 0 aromatic heterocycles. The van der Waals surface area contributed by atoms with Crippen molar-refractivity contribution in [1.29, 1.82) is 0 Å². The van der Waals surface area contributed by atoms with Gasteiger partial charge in [-0.15, -0.1) is 0 Å². The Morgan fingerprint density at radius 2 is 1.69 bits per heavy atom. The third kappa shape index (κ3) is 5.03. The van der Waals surface area contributed by atoms with Crippen molar-refractivity contribution in [1.82, 2.24) is 0 Å². The van der Waals surface area contributed by atoms with Crippen molar-refractivity contribution in [3.05, 3.63) is 46.6 Å². The fourth-order valence-electron chi connectivity index (χ4n) is 3.32. The molecule has 1 heterocycles. The van der Waals surface area contributed by atoms with Gasteiger partial charge in [-0.05, 0) is 65.0 Å². The first-order chi connectivity index (χ1) is 12.3. The Morgan fingerprint density at radius 3 is 2.31 bits per heavy atom. The molecule has 4 heteroatoms. The highest BCUT2D eigenvalue weighted by Crippen LogP contribution is 2.48. The van der Waals surface area contributed by atoms with Gasteiger partial charge in [-0.25, -0.2) is 0 Å². The van der Waals surface area contributed by atoms with Crippen LogP contribution in [-0.4, -0.2) is 40.4 Å². The van der Waals surface area contributed by atoms with Gasteiger partial charge in [0, 0.05) is 6.42 Å². The first-order valence-electron chi connectivity index (χ1n) is 9.46. The largest absolute Gasteiger partial charge is 0.392 e. The van der Waals surface area contributed by atoms with Crippen LogP contribution in [0.1, 0.15) is 59.8 Å². The Labute approximate surface area is 156 Å². The quantitative estimate of drug-likeness (QED) is 0.485. The highest BCUT2D eigenvalue weighted by Gasteiger charge is 2.65. The number of rotatable bonds is 9. The predicted molar refractivity (Wildman–Crippen MR) is 104 cm³/mol. The molecule has 0 unspecified atom stereocenters. The first kappa shape index (κ1) is 20.8. The molecule has 1 aliphatic heterocycles. The average Bonchev–Trinajstić information content (AvgIpc) is 3.35. The number of hydrogen-bond acceptors (Lipinski definition) is 4. The number of aliphatic hydroxyl groups is 2. The zero-order valence-electron chi connectivity index (χ0n) is 16.4. The van der Waals surface area contributed by atoms with Crippen molar-refractivity contribution in [2.45, 2.75) is 77.6 Å². The van der Waals surface area contributed by atoms with E-state index in [9.17, 15) is 9.90 Å². The molecular formula is C22H32O4. The molecule has 144 valence electrons. The number of aliphatic hydroxyl groups excluding tert-OH is 2. The van der Waals surface area contributed by atoms with Gasteiger partial charge in [-0.1, -0.05) is 34.9 Å². The summed E-state index contributed by atoms with van der Waals surface area (Å²) in [5, 5.41) is 19.0. The van der Waals surface area contributed by atoms with Crippen molar-refractivity contribution in [3.63, 3.8) is 0 Å². The molecule has 1 saturated heterocycles. The summed E-state index contributed by atoms with van der Waals surface area (Å²) >= 11 is 0. The van der Waals surface area contributed by atoms with E-state index in [1.165, 1.54) is 17.2 Å². The van der Waals surface area contributed by atoms with Gasteiger partial charge in [-0.2, -0.15) is 0 Å². The first-order valence-corrected chi connectivity index (χ1v) is 9.46. The summed E-state index contributed by atoms with van der Waals surface area (Å²) in [5.41, 5.74) is 3.49. The Morgan fingerprint density at radius 1 is 1.12 bits per heavy atom. The Hall–Kier alpha value is -1.49. The summed E-state index contributed by atoms with van der Waals surface area (Å²) < 4.78 is 5.59. The monoisotopic (exact) mass is 360 g/mol. The fourth-order valence-corrected chi connectivity index (χ4v) is 3.32. The zero-order valence-corrected chi connectivity index (χ0v) is 16.4. The number of ketones is 1. The standard InChI is InChI=1S/C22H32O4/c1-15(8-6-10-17(3)14-23)7-5-9-16(2)11-12-22-19(24)13-18(4)20(25)21(22)26-22/h7,10-11,13,20-21,23,25H,5-6,8-9,12,14H2,1-4H3/b15-7+,16-11+,17-10+/t20-,21-,22+/m1/s1. The smallest absolute Gasteiger partial charge is 0.190 e. The van der Waals surface area contributed by atoms with Crippen molar-refractivity contribution < 1.29 is 19.7 Å². The molecule has 0 amide bonds. The molecule has 0 bridgehead atoms. The minimum absolute atomic E-state index is 0.0173. The number of epoxide rings is 1. The van der Waals surface area contributed by atoms with E-state index >= 15 is 0 Å². The third-order valence-electron chi connectivity index (χ3n) is 5.33. The number of hydrogen-bond donors (Lipinski definition) is 2. The minimum atomic E-state index is -0.817. The van der Waals surface area contributed by atoms with E-state index in [-0.39, 0.29) is 18.5 Å². The molecule has 26 heavy (non-hydrogen) atoms. The van der Waals surface area contributed by atoms with E-state index in [0.29, 0.717) is 12.0 Å². The van der Waals surface area contributed by atoms with E-state index in [0.717, 1.165) is 31.3 Å². The summed E-state index contributed by atoms with van der Waals surface area (Å²) in [4.78, 5) is 12.2. The van der Waals surface area contributed by atoms with Crippen LogP contribution in [0.25, 0.3) is 0 Å². The second-order valence-corrected chi connectivity index (χ2v) is 7.72.